The van der Waals surface area contributed by atoms with Crippen molar-refractivity contribution >= 4 is 55.6 Å². The number of ketones is 1. The van der Waals surface area contributed by atoms with E-state index in [0.717, 1.165) is 45.5 Å². The van der Waals surface area contributed by atoms with Crippen molar-refractivity contribution in [3.63, 3.8) is 0 Å². The van der Waals surface area contributed by atoms with Gasteiger partial charge in [0.2, 0.25) is 4.99 Å². The number of Topliss-reactive ketones (excluding diaryl/α,β-unsaturated/α-hetero) is 1. The fraction of sp³-hybridized carbons (Fsp3) is 0.192. The van der Waals surface area contributed by atoms with Crippen molar-refractivity contribution < 1.29 is 4.79 Å². The molecular formula is C26H23BrN4OS. The summed E-state index contributed by atoms with van der Waals surface area (Å²) in [6.45, 7) is 3.65. The number of hydrogen-bond donors (Lipinski definition) is 0. The number of hydrazone groups is 2. The van der Waals surface area contributed by atoms with Gasteiger partial charge in [0.25, 0.3) is 0 Å². The van der Waals surface area contributed by atoms with Crippen LogP contribution in [0.5, 0.6) is 0 Å². The van der Waals surface area contributed by atoms with Gasteiger partial charge in [-0.05, 0) is 66.6 Å². The lowest BCUT2D eigenvalue weighted by Gasteiger charge is -2.46. The molecule has 0 amide bonds. The van der Waals surface area contributed by atoms with Crippen molar-refractivity contribution in [2.75, 3.05) is 10.0 Å². The molecule has 3 aromatic rings. The highest BCUT2D eigenvalue weighted by Crippen LogP contribution is 2.50. The Hall–Kier alpha value is -2.90. The van der Waals surface area contributed by atoms with Crippen LogP contribution in [0.1, 0.15) is 30.9 Å². The molecule has 0 fully saturated rings. The predicted molar refractivity (Wildman–Crippen MR) is 141 cm³/mol. The average Bonchev–Trinajstić information content (AvgIpc) is 3.21. The van der Waals surface area contributed by atoms with Gasteiger partial charge in [0.15, 0.2) is 10.8 Å². The second-order valence-electron chi connectivity index (χ2n) is 8.11. The molecule has 1 spiro atoms. The third-order valence-corrected chi connectivity index (χ3v) is 7.81. The van der Waals surface area contributed by atoms with Crippen LogP contribution in [-0.4, -0.2) is 21.5 Å². The summed E-state index contributed by atoms with van der Waals surface area (Å²) in [5.74, 6) is -0.0360. The molecule has 5 rings (SSSR count). The summed E-state index contributed by atoms with van der Waals surface area (Å²) in [5, 5.41) is 14.5. The van der Waals surface area contributed by atoms with Crippen molar-refractivity contribution in [2.45, 2.75) is 31.7 Å². The van der Waals surface area contributed by atoms with Crippen molar-refractivity contribution in [1.29, 1.82) is 0 Å². The van der Waals surface area contributed by atoms with Gasteiger partial charge in [0, 0.05) is 17.8 Å². The fourth-order valence-electron chi connectivity index (χ4n) is 4.17. The maximum absolute atomic E-state index is 12.5. The van der Waals surface area contributed by atoms with Crippen LogP contribution in [0.15, 0.2) is 93.5 Å². The minimum absolute atomic E-state index is 0.0360. The first kappa shape index (κ1) is 21.9. The SMILES string of the molecule is CC(=O)C1=NN(c2ccccc2C)[C@]2(CCC(c3ccc(Br)cc3)=NN2c2ccccc2)S1. The maximum atomic E-state index is 12.5. The van der Waals surface area contributed by atoms with Gasteiger partial charge in [-0.2, -0.15) is 10.2 Å². The topological polar surface area (TPSA) is 48.3 Å². The van der Waals surface area contributed by atoms with Crippen LogP contribution in [0.4, 0.5) is 11.4 Å². The van der Waals surface area contributed by atoms with Crippen LogP contribution in [-0.2, 0) is 4.79 Å². The lowest BCUT2D eigenvalue weighted by Crippen LogP contribution is -2.56. The first-order valence-electron chi connectivity index (χ1n) is 10.8. The summed E-state index contributed by atoms with van der Waals surface area (Å²) in [5.41, 5.74) is 5.13. The Morgan fingerprint density at radius 2 is 1.64 bits per heavy atom. The van der Waals surface area contributed by atoms with Gasteiger partial charge in [-0.15, -0.1) is 0 Å². The Kier molecular flexibility index (Phi) is 5.85. The van der Waals surface area contributed by atoms with E-state index in [2.05, 4.69) is 59.3 Å². The molecule has 0 bridgehead atoms. The number of thioether (sulfide) groups is 1. The molecule has 2 aliphatic rings. The standard InChI is InChI=1S/C26H23BrN4OS/c1-18-8-6-7-11-24(18)31-26(33-25(29-31)19(2)32)17-16-23(20-12-14-21(27)15-13-20)28-30(26)22-9-4-3-5-10-22/h3-15H,16-17H2,1-2H3/t26-/m1/s1. The Morgan fingerprint density at radius 1 is 0.939 bits per heavy atom. The lowest BCUT2D eigenvalue weighted by atomic mass is 10.0. The molecular weight excluding hydrogens is 496 g/mol. The second kappa shape index (κ2) is 8.80. The van der Waals surface area contributed by atoms with E-state index < -0.39 is 4.99 Å². The van der Waals surface area contributed by atoms with Crippen molar-refractivity contribution in [2.24, 2.45) is 10.2 Å². The highest BCUT2D eigenvalue weighted by molar-refractivity contribution is 9.10. The Labute approximate surface area is 206 Å². The van der Waals surface area contributed by atoms with Crippen molar-refractivity contribution in [1.82, 2.24) is 0 Å². The number of para-hydroxylation sites is 2. The number of carbonyl (C=O) groups excluding carboxylic acids is 1. The lowest BCUT2D eigenvalue weighted by molar-refractivity contribution is -0.110. The summed E-state index contributed by atoms with van der Waals surface area (Å²) in [6, 6.07) is 26.5. The van der Waals surface area contributed by atoms with Gasteiger partial charge in [-0.3, -0.25) is 4.79 Å². The van der Waals surface area contributed by atoms with E-state index in [0.29, 0.717) is 5.04 Å². The number of carbonyl (C=O) groups is 1. The summed E-state index contributed by atoms with van der Waals surface area (Å²) < 4.78 is 1.04. The first-order chi connectivity index (χ1) is 16.0. The molecule has 166 valence electrons. The highest BCUT2D eigenvalue weighted by Gasteiger charge is 2.53. The molecule has 0 saturated heterocycles. The van der Waals surface area contributed by atoms with Gasteiger partial charge in [0.05, 0.1) is 17.1 Å². The molecule has 2 aliphatic heterocycles. The summed E-state index contributed by atoms with van der Waals surface area (Å²) in [6.07, 6.45) is 1.51. The molecule has 0 N–H and O–H groups in total. The molecule has 5 nitrogen and oxygen atoms in total. The van der Waals surface area contributed by atoms with Crippen LogP contribution >= 0.6 is 27.7 Å². The number of aryl methyl sites for hydroxylation is 1. The number of halogens is 1. The summed E-state index contributed by atoms with van der Waals surface area (Å²) >= 11 is 5.01. The molecule has 2 heterocycles. The van der Waals surface area contributed by atoms with E-state index in [1.165, 1.54) is 11.8 Å². The molecule has 1 atom stereocenters. The molecule has 0 radical (unpaired) electrons. The monoisotopic (exact) mass is 518 g/mol. The largest absolute Gasteiger partial charge is 0.292 e. The Bertz CT molecular complexity index is 1260. The highest BCUT2D eigenvalue weighted by atomic mass is 79.9. The van der Waals surface area contributed by atoms with E-state index in [4.69, 9.17) is 10.2 Å². The van der Waals surface area contributed by atoms with Crippen molar-refractivity contribution in [3.05, 3.63) is 94.5 Å². The second-order valence-corrected chi connectivity index (χ2v) is 10.3. The van der Waals surface area contributed by atoms with Gasteiger partial charge >= 0.3 is 0 Å². The maximum Gasteiger partial charge on any atom is 0.208 e. The number of rotatable bonds is 4. The number of anilines is 2. The molecule has 0 saturated carbocycles. The molecule has 3 aromatic carbocycles. The van der Waals surface area contributed by atoms with E-state index in [1.54, 1.807) is 6.92 Å². The minimum atomic E-state index is -0.673. The molecule has 33 heavy (non-hydrogen) atoms. The van der Waals surface area contributed by atoms with E-state index in [1.807, 2.05) is 52.5 Å². The van der Waals surface area contributed by atoms with E-state index in [9.17, 15) is 4.79 Å². The average molecular weight is 519 g/mol. The molecule has 7 heteroatoms. The third-order valence-electron chi connectivity index (χ3n) is 5.84. The minimum Gasteiger partial charge on any atom is -0.292 e. The third kappa shape index (κ3) is 4.00. The Morgan fingerprint density at radius 3 is 2.33 bits per heavy atom. The van der Waals surface area contributed by atoms with Gasteiger partial charge in [-0.25, -0.2) is 10.0 Å². The zero-order valence-electron chi connectivity index (χ0n) is 18.4. The summed E-state index contributed by atoms with van der Waals surface area (Å²) in [4.78, 5) is 11.8. The summed E-state index contributed by atoms with van der Waals surface area (Å²) in [7, 11) is 0. The van der Waals surface area contributed by atoms with Crippen LogP contribution in [0.25, 0.3) is 0 Å². The number of nitrogens with zero attached hydrogens (tertiary/aromatic N) is 4. The zero-order chi connectivity index (χ0) is 23.0. The number of hydrogen-bond acceptors (Lipinski definition) is 6. The molecule has 0 aromatic heterocycles. The normalized spacial score (nSPS) is 20.1. The van der Waals surface area contributed by atoms with Crippen LogP contribution in [0, 0.1) is 6.92 Å². The van der Waals surface area contributed by atoms with Crippen molar-refractivity contribution in [3.8, 4) is 0 Å². The van der Waals surface area contributed by atoms with E-state index >= 15 is 0 Å². The van der Waals surface area contributed by atoms with Gasteiger partial charge in [0.1, 0.15) is 0 Å². The molecule has 0 aliphatic carbocycles. The van der Waals surface area contributed by atoms with E-state index in [-0.39, 0.29) is 5.78 Å². The van der Waals surface area contributed by atoms with Gasteiger partial charge < -0.3 is 0 Å². The smallest absolute Gasteiger partial charge is 0.208 e. The zero-order valence-corrected chi connectivity index (χ0v) is 20.8. The van der Waals surface area contributed by atoms with Crippen LogP contribution in [0.2, 0.25) is 0 Å². The van der Waals surface area contributed by atoms with Gasteiger partial charge in [-0.1, -0.05) is 64.5 Å². The first-order valence-corrected chi connectivity index (χ1v) is 12.4. The molecule has 0 unspecified atom stereocenters. The quantitative estimate of drug-likeness (QED) is 0.391. The number of benzene rings is 3. The fourth-order valence-corrected chi connectivity index (χ4v) is 5.67. The van der Waals surface area contributed by atoms with Crippen LogP contribution < -0.4 is 10.0 Å². The Balaban J connectivity index is 1.68. The van der Waals surface area contributed by atoms with Crippen LogP contribution in [0.3, 0.4) is 0 Å². The predicted octanol–water partition coefficient (Wildman–Crippen LogP) is 6.57.